The van der Waals surface area contributed by atoms with Crippen LogP contribution in [-0.2, 0) is 0 Å². The molecule has 0 spiro atoms. The lowest BCUT2D eigenvalue weighted by Gasteiger charge is -2.14. The molecule has 2 nitrogen and oxygen atoms in total. The first-order chi connectivity index (χ1) is 7.65. The monoisotopic (exact) mass is 219 g/mol. The second-order valence-corrected chi connectivity index (χ2v) is 5.01. The standard InChI is InChI=1S/C14H21NO/c1-10(2)16-14-5-3-4-11(9-14)12-6-7-13(15)8-12/h3-5,9-10,12-13H,6-8,15H2,1-2H3. The Kier molecular flexibility index (Phi) is 3.49. The number of hydrogen-bond acceptors (Lipinski definition) is 2. The predicted molar refractivity (Wildman–Crippen MR) is 66.8 cm³/mol. The molecule has 0 aliphatic heterocycles. The van der Waals surface area contributed by atoms with Gasteiger partial charge in [-0.1, -0.05) is 12.1 Å². The van der Waals surface area contributed by atoms with Crippen molar-refractivity contribution in [3.8, 4) is 5.75 Å². The Morgan fingerprint density at radius 2 is 2.12 bits per heavy atom. The van der Waals surface area contributed by atoms with Gasteiger partial charge in [-0.2, -0.15) is 0 Å². The Morgan fingerprint density at radius 3 is 2.75 bits per heavy atom. The molecule has 0 saturated heterocycles. The summed E-state index contributed by atoms with van der Waals surface area (Å²) in [6.45, 7) is 4.11. The van der Waals surface area contributed by atoms with Crippen LogP contribution < -0.4 is 10.5 Å². The molecule has 2 N–H and O–H groups in total. The highest BCUT2D eigenvalue weighted by Gasteiger charge is 2.23. The summed E-state index contributed by atoms with van der Waals surface area (Å²) in [4.78, 5) is 0. The van der Waals surface area contributed by atoms with Gasteiger partial charge in [0.1, 0.15) is 5.75 Å². The van der Waals surface area contributed by atoms with Gasteiger partial charge in [-0.25, -0.2) is 0 Å². The lowest BCUT2D eigenvalue weighted by Crippen LogP contribution is -2.14. The Hall–Kier alpha value is -1.02. The fraction of sp³-hybridized carbons (Fsp3) is 0.571. The van der Waals surface area contributed by atoms with E-state index in [-0.39, 0.29) is 6.10 Å². The summed E-state index contributed by atoms with van der Waals surface area (Å²) in [6.07, 6.45) is 3.72. The minimum Gasteiger partial charge on any atom is -0.491 e. The summed E-state index contributed by atoms with van der Waals surface area (Å²) in [7, 11) is 0. The van der Waals surface area contributed by atoms with Crippen LogP contribution in [0.3, 0.4) is 0 Å². The van der Waals surface area contributed by atoms with Gasteiger partial charge in [0.15, 0.2) is 0 Å². The summed E-state index contributed by atoms with van der Waals surface area (Å²) in [6, 6.07) is 8.85. The molecule has 1 fully saturated rings. The van der Waals surface area contributed by atoms with Crippen LogP contribution in [0.2, 0.25) is 0 Å². The van der Waals surface area contributed by atoms with E-state index in [1.165, 1.54) is 12.0 Å². The van der Waals surface area contributed by atoms with E-state index in [9.17, 15) is 0 Å². The molecule has 88 valence electrons. The van der Waals surface area contributed by atoms with Crippen molar-refractivity contribution in [2.75, 3.05) is 0 Å². The Morgan fingerprint density at radius 1 is 1.31 bits per heavy atom. The highest BCUT2D eigenvalue weighted by atomic mass is 16.5. The lowest BCUT2D eigenvalue weighted by molar-refractivity contribution is 0.242. The molecule has 1 aromatic carbocycles. The van der Waals surface area contributed by atoms with E-state index in [0.717, 1.165) is 18.6 Å². The van der Waals surface area contributed by atoms with Crippen molar-refractivity contribution in [3.05, 3.63) is 29.8 Å². The first kappa shape index (κ1) is 11.5. The average molecular weight is 219 g/mol. The number of hydrogen-bond donors (Lipinski definition) is 1. The maximum absolute atomic E-state index is 5.95. The summed E-state index contributed by atoms with van der Waals surface area (Å²) in [5.41, 5.74) is 7.33. The number of ether oxygens (including phenoxy) is 1. The third-order valence-electron chi connectivity index (χ3n) is 3.17. The zero-order valence-electron chi connectivity index (χ0n) is 10.1. The minimum atomic E-state index is 0.237. The van der Waals surface area contributed by atoms with E-state index in [1.807, 2.05) is 6.07 Å². The Bertz CT molecular complexity index is 348. The number of benzene rings is 1. The molecule has 0 radical (unpaired) electrons. The molecule has 1 aromatic rings. The van der Waals surface area contributed by atoms with E-state index >= 15 is 0 Å². The van der Waals surface area contributed by atoms with Gasteiger partial charge in [0.25, 0.3) is 0 Å². The largest absolute Gasteiger partial charge is 0.491 e. The third kappa shape index (κ3) is 2.76. The molecular weight excluding hydrogens is 198 g/mol. The van der Waals surface area contributed by atoms with Crippen molar-refractivity contribution in [1.82, 2.24) is 0 Å². The molecule has 0 bridgehead atoms. The minimum absolute atomic E-state index is 0.237. The van der Waals surface area contributed by atoms with Crippen molar-refractivity contribution >= 4 is 0 Å². The fourth-order valence-corrected chi connectivity index (χ4v) is 2.43. The van der Waals surface area contributed by atoms with Gasteiger partial charge in [0.2, 0.25) is 0 Å². The van der Waals surface area contributed by atoms with Crippen LogP contribution in [0.4, 0.5) is 0 Å². The summed E-state index contributed by atoms with van der Waals surface area (Å²) in [5, 5.41) is 0. The van der Waals surface area contributed by atoms with Crippen LogP contribution in [0.5, 0.6) is 5.75 Å². The molecule has 0 amide bonds. The predicted octanol–water partition coefficient (Wildman–Crippen LogP) is 3.07. The average Bonchev–Trinajstić information content (AvgIpc) is 2.64. The number of rotatable bonds is 3. The highest BCUT2D eigenvalue weighted by Crippen LogP contribution is 2.34. The van der Waals surface area contributed by atoms with Crippen LogP contribution in [0.15, 0.2) is 24.3 Å². The maximum Gasteiger partial charge on any atom is 0.119 e. The second kappa shape index (κ2) is 4.88. The second-order valence-electron chi connectivity index (χ2n) is 5.01. The van der Waals surface area contributed by atoms with Gasteiger partial charge in [0, 0.05) is 6.04 Å². The summed E-state index contributed by atoms with van der Waals surface area (Å²) < 4.78 is 5.71. The van der Waals surface area contributed by atoms with Crippen molar-refractivity contribution in [3.63, 3.8) is 0 Å². The third-order valence-corrected chi connectivity index (χ3v) is 3.17. The van der Waals surface area contributed by atoms with Gasteiger partial charge in [-0.3, -0.25) is 0 Å². The van der Waals surface area contributed by atoms with E-state index in [1.54, 1.807) is 0 Å². The van der Waals surface area contributed by atoms with E-state index in [4.69, 9.17) is 10.5 Å². The Balaban J connectivity index is 2.09. The first-order valence-electron chi connectivity index (χ1n) is 6.17. The summed E-state index contributed by atoms with van der Waals surface area (Å²) >= 11 is 0. The van der Waals surface area contributed by atoms with Crippen LogP contribution in [0, 0.1) is 0 Å². The van der Waals surface area contributed by atoms with E-state index < -0.39 is 0 Å². The molecule has 1 aliphatic carbocycles. The molecular formula is C14H21NO. The first-order valence-corrected chi connectivity index (χ1v) is 6.17. The maximum atomic E-state index is 5.95. The van der Waals surface area contributed by atoms with Crippen molar-refractivity contribution in [1.29, 1.82) is 0 Å². The van der Waals surface area contributed by atoms with E-state index in [0.29, 0.717) is 12.0 Å². The molecule has 0 aromatic heterocycles. The van der Waals surface area contributed by atoms with Gasteiger partial charge in [-0.15, -0.1) is 0 Å². The zero-order chi connectivity index (χ0) is 11.5. The molecule has 2 rings (SSSR count). The smallest absolute Gasteiger partial charge is 0.119 e. The van der Waals surface area contributed by atoms with Gasteiger partial charge >= 0.3 is 0 Å². The van der Waals surface area contributed by atoms with Crippen molar-refractivity contribution < 1.29 is 4.74 Å². The number of nitrogens with two attached hydrogens (primary N) is 1. The lowest BCUT2D eigenvalue weighted by atomic mass is 9.97. The zero-order valence-corrected chi connectivity index (χ0v) is 10.1. The fourth-order valence-electron chi connectivity index (χ4n) is 2.43. The van der Waals surface area contributed by atoms with Crippen LogP contribution >= 0.6 is 0 Å². The summed E-state index contributed by atoms with van der Waals surface area (Å²) in [5.74, 6) is 1.61. The molecule has 0 heterocycles. The molecule has 2 heteroatoms. The molecule has 1 aliphatic rings. The topological polar surface area (TPSA) is 35.2 Å². The SMILES string of the molecule is CC(C)Oc1cccc(C2CCC(N)C2)c1. The molecule has 16 heavy (non-hydrogen) atoms. The van der Waals surface area contributed by atoms with Crippen molar-refractivity contribution in [2.24, 2.45) is 5.73 Å². The molecule has 2 atom stereocenters. The van der Waals surface area contributed by atoms with Gasteiger partial charge in [-0.05, 0) is 56.7 Å². The highest BCUT2D eigenvalue weighted by molar-refractivity contribution is 5.31. The van der Waals surface area contributed by atoms with Gasteiger partial charge < -0.3 is 10.5 Å². The van der Waals surface area contributed by atoms with Crippen LogP contribution in [-0.4, -0.2) is 12.1 Å². The van der Waals surface area contributed by atoms with Crippen LogP contribution in [0.1, 0.15) is 44.6 Å². The molecule has 2 unspecified atom stereocenters. The van der Waals surface area contributed by atoms with Gasteiger partial charge in [0.05, 0.1) is 6.10 Å². The Labute approximate surface area is 97.8 Å². The van der Waals surface area contributed by atoms with Crippen LogP contribution in [0.25, 0.3) is 0 Å². The van der Waals surface area contributed by atoms with E-state index in [2.05, 4.69) is 32.0 Å². The molecule has 1 saturated carbocycles. The van der Waals surface area contributed by atoms with Crippen molar-refractivity contribution in [2.45, 2.75) is 51.2 Å². The normalized spacial score (nSPS) is 25.0. The quantitative estimate of drug-likeness (QED) is 0.848.